The van der Waals surface area contributed by atoms with Crippen LogP contribution in [0.1, 0.15) is 126 Å². The number of Topliss-reactive ketones (excluding diaryl/α,β-unsaturated/α-hetero) is 2. The largest absolute Gasteiger partial charge is 0.508 e. The third kappa shape index (κ3) is 14.3. The van der Waals surface area contributed by atoms with Crippen molar-refractivity contribution in [2.24, 2.45) is 11.8 Å². The van der Waals surface area contributed by atoms with Crippen LogP contribution < -0.4 is 15.4 Å². The summed E-state index contributed by atoms with van der Waals surface area (Å²) in [6.45, 7) is 21.8. The molecule has 296 valence electrons. The molecule has 2 heterocycles. The van der Waals surface area contributed by atoms with Gasteiger partial charge >= 0.3 is 0 Å². The Bertz CT molecular complexity index is 1850. The monoisotopic (exact) mass is 810 g/mol. The maximum absolute atomic E-state index is 13.0. The fourth-order valence-electron chi connectivity index (χ4n) is 9.11. The minimum atomic E-state index is 0.0646. The highest BCUT2D eigenvalue weighted by Crippen LogP contribution is 2.37. The first kappa shape index (κ1) is 43.9. The van der Waals surface area contributed by atoms with Crippen molar-refractivity contribution in [2.75, 3.05) is 0 Å². The number of ether oxygens (including phenoxy) is 1. The van der Waals surface area contributed by atoms with Gasteiger partial charge in [-0.05, 0) is 172 Å². The molecular weight excluding hydrogens is 748 g/mol. The van der Waals surface area contributed by atoms with E-state index in [1.165, 1.54) is 0 Å². The van der Waals surface area contributed by atoms with Crippen LogP contribution in [0, 0.1) is 25.7 Å². The summed E-state index contributed by atoms with van der Waals surface area (Å²) in [6, 6.07) is 30.1. The van der Waals surface area contributed by atoms with Gasteiger partial charge in [-0.3, -0.25) is 9.59 Å². The van der Waals surface area contributed by atoms with Gasteiger partial charge in [0.05, 0.1) is 0 Å². The number of piperidine rings is 2. The predicted molar refractivity (Wildman–Crippen MR) is 231 cm³/mol. The highest BCUT2D eigenvalue weighted by molar-refractivity contribution is 9.10. The quantitative estimate of drug-likeness (QED) is 0.154. The Kier molecular flexibility index (Phi) is 14.7. The van der Waals surface area contributed by atoms with Gasteiger partial charge in [-0.1, -0.05) is 58.4 Å². The molecular formula is C48H63BrN2O4. The molecule has 0 bridgehead atoms. The van der Waals surface area contributed by atoms with Gasteiger partial charge in [0.1, 0.15) is 17.2 Å². The standard InChI is InChI=1S/C24H31NO2.C18H26BrNO.C6H6O/c1-17-13-20(27-19-9-7-6-8-10-19)11-12-21(17)22(26)14-18-15-23(2,3)25-24(4,5)16-18;1-12-8-14(19)6-7-15(12)16(21)9-13-10-17(2,3)20-18(4,5)11-13;7-6-4-2-1-3-5-6/h6-13,18,25H,14-16H2,1-5H3;6-8,13,20H,9-11H2,1-5H3;1-5,7H. The molecule has 2 aliphatic rings. The lowest BCUT2D eigenvalue weighted by atomic mass is 9.73. The fraction of sp³-hybridized carbons (Fsp3) is 0.458. The second-order valence-electron chi connectivity index (χ2n) is 18.3. The van der Waals surface area contributed by atoms with Crippen molar-refractivity contribution in [2.45, 2.75) is 130 Å². The van der Waals surface area contributed by atoms with Crippen LogP contribution in [-0.4, -0.2) is 38.8 Å². The summed E-state index contributed by atoms with van der Waals surface area (Å²) in [5.74, 6) is 3.25. The van der Waals surface area contributed by atoms with Crippen molar-refractivity contribution in [1.82, 2.24) is 10.6 Å². The molecule has 0 aromatic heterocycles. The van der Waals surface area contributed by atoms with Crippen LogP contribution in [0.3, 0.4) is 0 Å². The van der Waals surface area contributed by atoms with Crippen molar-refractivity contribution in [1.29, 1.82) is 0 Å². The number of ketones is 2. The SMILES string of the molecule is Cc1cc(Br)ccc1C(=O)CC1CC(C)(C)NC(C)(C)C1.Cc1cc(Oc2ccccc2)ccc1C(=O)CC1CC(C)(C)NC(C)(C)C1.Oc1ccccc1. The van der Waals surface area contributed by atoms with Gasteiger partial charge in [-0.15, -0.1) is 0 Å². The Hall–Kier alpha value is -3.78. The second kappa shape index (κ2) is 18.4. The van der Waals surface area contributed by atoms with Crippen LogP contribution >= 0.6 is 15.9 Å². The molecule has 0 atom stereocenters. The van der Waals surface area contributed by atoms with E-state index < -0.39 is 0 Å². The molecule has 2 saturated heterocycles. The first-order chi connectivity index (χ1) is 25.6. The zero-order valence-electron chi connectivity index (χ0n) is 34.7. The van der Waals surface area contributed by atoms with Gasteiger partial charge in [0.15, 0.2) is 11.6 Å². The zero-order valence-corrected chi connectivity index (χ0v) is 36.3. The summed E-state index contributed by atoms with van der Waals surface area (Å²) in [6.07, 6.45) is 5.41. The Labute approximate surface area is 339 Å². The maximum Gasteiger partial charge on any atom is 0.163 e. The molecule has 0 amide bonds. The number of aryl methyl sites for hydroxylation is 2. The van der Waals surface area contributed by atoms with Crippen molar-refractivity contribution in [3.8, 4) is 17.2 Å². The molecule has 3 N–H and O–H groups in total. The summed E-state index contributed by atoms with van der Waals surface area (Å²) in [5.41, 5.74) is 4.03. The third-order valence-corrected chi connectivity index (χ3v) is 10.7. The molecule has 0 aliphatic carbocycles. The average Bonchev–Trinajstić information content (AvgIpc) is 3.03. The number of carbonyl (C=O) groups is 2. The molecule has 0 unspecified atom stereocenters. The molecule has 6 nitrogen and oxygen atoms in total. The minimum Gasteiger partial charge on any atom is -0.508 e. The number of carbonyl (C=O) groups excluding carboxylic acids is 2. The van der Waals surface area contributed by atoms with E-state index >= 15 is 0 Å². The van der Waals surface area contributed by atoms with Crippen molar-refractivity contribution < 1.29 is 19.4 Å². The summed E-state index contributed by atoms with van der Waals surface area (Å²) < 4.78 is 6.91. The Morgan fingerprint density at radius 1 is 0.600 bits per heavy atom. The van der Waals surface area contributed by atoms with Crippen molar-refractivity contribution in [3.63, 3.8) is 0 Å². The summed E-state index contributed by atoms with van der Waals surface area (Å²) in [7, 11) is 0. The molecule has 6 rings (SSSR count). The van der Waals surface area contributed by atoms with Gasteiger partial charge in [-0.2, -0.15) is 0 Å². The predicted octanol–water partition coefficient (Wildman–Crippen LogP) is 12.2. The molecule has 2 aliphatic heterocycles. The molecule has 4 aromatic carbocycles. The Balaban J connectivity index is 0.000000212. The van der Waals surface area contributed by atoms with E-state index in [-0.39, 0.29) is 33.7 Å². The number of rotatable bonds is 8. The van der Waals surface area contributed by atoms with Gasteiger partial charge in [0.2, 0.25) is 0 Å². The van der Waals surface area contributed by atoms with E-state index in [1.807, 2.05) is 86.6 Å². The lowest BCUT2D eigenvalue weighted by Crippen LogP contribution is -2.58. The van der Waals surface area contributed by atoms with Crippen LogP contribution in [0.5, 0.6) is 17.2 Å². The van der Waals surface area contributed by atoms with Crippen LogP contribution in [0.4, 0.5) is 0 Å². The Morgan fingerprint density at radius 3 is 1.38 bits per heavy atom. The molecule has 55 heavy (non-hydrogen) atoms. The van der Waals surface area contributed by atoms with Crippen LogP contribution in [0.25, 0.3) is 0 Å². The first-order valence-electron chi connectivity index (χ1n) is 19.6. The zero-order chi connectivity index (χ0) is 40.6. The number of aromatic hydroxyl groups is 1. The highest BCUT2D eigenvalue weighted by atomic mass is 79.9. The second-order valence-corrected chi connectivity index (χ2v) is 19.2. The fourth-order valence-corrected chi connectivity index (χ4v) is 9.58. The molecule has 4 aromatic rings. The maximum atomic E-state index is 13.0. The number of hydrogen-bond acceptors (Lipinski definition) is 6. The molecule has 2 fully saturated rings. The number of para-hydroxylation sites is 2. The Morgan fingerprint density at radius 2 is 1.00 bits per heavy atom. The lowest BCUT2D eigenvalue weighted by Gasteiger charge is -2.46. The first-order valence-corrected chi connectivity index (χ1v) is 20.4. The summed E-state index contributed by atoms with van der Waals surface area (Å²) in [4.78, 5) is 25.6. The lowest BCUT2D eigenvalue weighted by molar-refractivity contribution is 0.0851. The normalized spacial score (nSPS) is 18.5. The van der Waals surface area contributed by atoms with E-state index in [2.05, 4.69) is 82.0 Å². The number of phenols is 1. The number of nitrogens with one attached hydrogen (secondary N) is 2. The van der Waals surface area contributed by atoms with Crippen molar-refractivity contribution in [3.05, 3.63) is 124 Å². The molecule has 7 heteroatoms. The van der Waals surface area contributed by atoms with Gasteiger partial charge in [0, 0.05) is 50.6 Å². The van der Waals surface area contributed by atoms with Crippen LogP contribution in [-0.2, 0) is 0 Å². The highest BCUT2D eigenvalue weighted by Gasteiger charge is 2.39. The number of halogens is 1. The smallest absolute Gasteiger partial charge is 0.163 e. The van der Waals surface area contributed by atoms with Crippen LogP contribution in [0.15, 0.2) is 102 Å². The molecule has 0 saturated carbocycles. The molecule has 0 radical (unpaired) electrons. The van der Waals surface area contributed by atoms with E-state index in [0.717, 1.165) is 63.9 Å². The topological polar surface area (TPSA) is 87.7 Å². The van der Waals surface area contributed by atoms with Crippen LogP contribution in [0.2, 0.25) is 0 Å². The van der Waals surface area contributed by atoms with Crippen molar-refractivity contribution >= 4 is 27.5 Å². The number of benzene rings is 4. The average molecular weight is 812 g/mol. The van der Waals surface area contributed by atoms with E-state index in [4.69, 9.17) is 9.84 Å². The third-order valence-electron chi connectivity index (χ3n) is 10.2. The van der Waals surface area contributed by atoms with Gasteiger partial charge in [0.25, 0.3) is 0 Å². The summed E-state index contributed by atoms with van der Waals surface area (Å²) >= 11 is 3.45. The van der Waals surface area contributed by atoms with Gasteiger partial charge in [-0.25, -0.2) is 0 Å². The number of hydrogen-bond donors (Lipinski definition) is 3. The minimum absolute atomic E-state index is 0.0646. The van der Waals surface area contributed by atoms with Gasteiger partial charge < -0.3 is 20.5 Å². The molecule has 0 spiro atoms. The van der Waals surface area contributed by atoms with E-state index in [0.29, 0.717) is 30.4 Å². The van der Waals surface area contributed by atoms with E-state index in [9.17, 15) is 9.59 Å². The summed E-state index contributed by atoms with van der Waals surface area (Å²) in [5, 5.41) is 16.0. The number of phenolic OH excluding ortho intramolecular Hbond substituents is 1. The van der Waals surface area contributed by atoms with E-state index in [1.54, 1.807) is 24.3 Å².